The van der Waals surface area contributed by atoms with E-state index in [2.05, 4.69) is 22.3 Å². The van der Waals surface area contributed by atoms with Gasteiger partial charge in [-0.1, -0.05) is 6.58 Å². The summed E-state index contributed by atoms with van der Waals surface area (Å²) in [6, 6.07) is 0. The number of rotatable bonds is 2. The molecule has 0 aliphatic rings. The lowest BCUT2D eigenvalue weighted by Gasteiger charge is -1.92. The van der Waals surface area contributed by atoms with Crippen LogP contribution in [0.2, 0.25) is 0 Å². The lowest BCUT2D eigenvalue weighted by atomic mass is 10.2. The molecule has 0 unspecified atom stereocenters. The van der Waals surface area contributed by atoms with Gasteiger partial charge in [-0.3, -0.25) is 0 Å². The number of aromatic amines is 1. The van der Waals surface area contributed by atoms with Gasteiger partial charge in [0.2, 0.25) is 0 Å². The molecular formula is C7H9N3. The fourth-order valence-corrected chi connectivity index (χ4v) is 0.693. The molecule has 0 bridgehead atoms. The van der Waals surface area contributed by atoms with Gasteiger partial charge in [0, 0.05) is 18.3 Å². The highest BCUT2D eigenvalue weighted by atomic mass is 14.9. The van der Waals surface area contributed by atoms with Gasteiger partial charge in [0.05, 0.1) is 12.0 Å². The average Bonchev–Trinajstić information content (AvgIpc) is 2.43. The van der Waals surface area contributed by atoms with Crippen molar-refractivity contribution in [2.75, 3.05) is 6.54 Å². The normalized spacial score (nSPS) is 8.90. The van der Waals surface area contributed by atoms with E-state index in [1.54, 1.807) is 12.5 Å². The Kier molecular flexibility index (Phi) is 2.05. The van der Waals surface area contributed by atoms with Crippen LogP contribution in [0.1, 0.15) is 5.69 Å². The molecule has 0 saturated heterocycles. The summed E-state index contributed by atoms with van der Waals surface area (Å²) in [5.41, 5.74) is 9.75. The highest BCUT2D eigenvalue weighted by molar-refractivity contribution is 5.61. The van der Waals surface area contributed by atoms with Crippen molar-refractivity contribution in [3.05, 3.63) is 30.5 Å². The van der Waals surface area contributed by atoms with Crippen molar-refractivity contribution in [1.29, 1.82) is 0 Å². The number of hydrogen-bond donors (Lipinski definition) is 2. The topological polar surface area (TPSA) is 54.7 Å². The third-order valence-corrected chi connectivity index (χ3v) is 1.22. The van der Waals surface area contributed by atoms with Crippen molar-refractivity contribution in [2.45, 2.75) is 0 Å². The molecule has 0 radical (unpaired) electrons. The SMILES string of the molecule is C=C=C(CN)c1c[nH]cn1. The Morgan fingerprint density at radius 1 is 1.90 bits per heavy atom. The quantitative estimate of drug-likeness (QED) is 0.581. The van der Waals surface area contributed by atoms with Crippen LogP contribution in [0.15, 0.2) is 24.8 Å². The van der Waals surface area contributed by atoms with Crippen LogP contribution in [-0.2, 0) is 0 Å². The van der Waals surface area contributed by atoms with Crippen LogP contribution in [-0.4, -0.2) is 16.5 Å². The number of hydrogen-bond acceptors (Lipinski definition) is 2. The van der Waals surface area contributed by atoms with Gasteiger partial charge < -0.3 is 10.7 Å². The number of aromatic nitrogens is 2. The molecule has 52 valence electrons. The van der Waals surface area contributed by atoms with Gasteiger partial charge in [0.1, 0.15) is 0 Å². The van der Waals surface area contributed by atoms with Crippen molar-refractivity contribution in [3.63, 3.8) is 0 Å². The third-order valence-electron chi connectivity index (χ3n) is 1.22. The summed E-state index contributed by atoms with van der Waals surface area (Å²) in [5.74, 6) is 0. The summed E-state index contributed by atoms with van der Waals surface area (Å²) in [6.45, 7) is 3.92. The zero-order valence-corrected chi connectivity index (χ0v) is 5.59. The molecule has 1 rings (SSSR count). The van der Waals surface area contributed by atoms with Crippen molar-refractivity contribution in [3.8, 4) is 0 Å². The molecule has 0 amide bonds. The summed E-state index contributed by atoms with van der Waals surface area (Å²) in [5, 5.41) is 0. The second-order valence-electron chi connectivity index (χ2n) is 1.81. The molecule has 0 atom stereocenters. The Balaban J connectivity index is 2.96. The highest BCUT2D eigenvalue weighted by Gasteiger charge is 1.97. The van der Waals surface area contributed by atoms with Crippen LogP contribution >= 0.6 is 0 Å². The van der Waals surface area contributed by atoms with Crippen molar-refractivity contribution in [1.82, 2.24) is 9.97 Å². The zero-order chi connectivity index (χ0) is 7.40. The maximum absolute atomic E-state index is 5.38. The first-order valence-electron chi connectivity index (χ1n) is 2.96. The Labute approximate surface area is 59.3 Å². The summed E-state index contributed by atoms with van der Waals surface area (Å²) in [4.78, 5) is 6.81. The number of imidazole rings is 1. The van der Waals surface area contributed by atoms with E-state index in [1.807, 2.05) is 0 Å². The van der Waals surface area contributed by atoms with Crippen LogP contribution < -0.4 is 5.73 Å². The second kappa shape index (κ2) is 3.01. The number of nitrogens with zero attached hydrogens (tertiary/aromatic N) is 1. The van der Waals surface area contributed by atoms with Gasteiger partial charge >= 0.3 is 0 Å². The van der Waals surface area contributed by atoms with E-state index >= 15 is 0 Å². The van der Waals surface area contributed by atoms with Crippen LogP contribution in [0, 0.1) is 0 Å². The third kappa shape index (κ3) is 1.16. The fourth-order valence-electron chi connectivity index (χ4n) is 0.693. The van der Waals surface area contributed by atoms with Gasteiger partial charge in [0.15, 0.2) is 0 Å². The lowest BCUT2D eigenvalue weighted by Crippen LogP contribution is -2.01. The number of H-pyrrole nitrogens is 1. The summed E-state index contributed by atoms with van der Waals surface area (Å²) < 4.78 is 0. The molecule has 3 nitrogen and oxygen atoms in total. The Morgan fingerprint density at radius 3 is 3.10 bits per heavy atom. The van der Waals surface area contributed by atoms with Gasteiger partial charge in [-0.05, 0) is 0 Å². The molecular weight excluding hydrogens is 126 g/mol. The first-order valence-corrected chi connectivity index (χ1v) is 2.96. The maximum atomic E-state index is 5.38. The molecule has 3 N–H and O–H groups in total. The summed E-state index contributed by atoms with van der Waals surface area (Å²) >= 11 is 0. The van der Waals surface area contributed by atoms with E-state index < -0.39 is 0 Å². The van der Waals surface area contributed by atoms with Gasteiger partial charge in [0.25, 0.3) is 0 Å². The van der Waals surface area contributed by atoms with Crippen LogP contribution in [0.4, 0.5) is 0 Å². The smallest absolute Gasteiger partial charge is 0.0929 e. The molecule has 1 aromatic heterocycles. The van der Waals surface area contributed by atoms with E-state index in [4.69, 9.17) is 5.73 Å². The van der Waals surface area contributed by atoms with Crippen molar-refractivity contribution in [2.24, 2.45) is 5.73 Å². The van der Waals surface area contributed by atoms with E-state index in [0.29, 0.717) is 6.54 Å². The monoisotopic (exact) mass is 135 g/mol. The number of nitrogens with one attached hydrogen (secondary N) is 1. The predicted octanol–water partition coefficient (Wildman–Crippen LogP) is 0.537. The molecule has 1 heterocycles. The summed E-state index contributed by atoms with van der Waals surface area (Å²) in [6.07, 6.45) is 3.36. The Hall–Kier alpha value is -1.31. The number of nitrogens with two attached hydrogens (primary N) is 1. The lowest BCUT2D eigenvalue weighted by molar-refractivity contribution is 1.23. The van der Waals surface area contributed by atoms with Gasteiger partial charge in [-0.25, -0.2) is 4.98 Å². The first kappa shape index (κ1) is 6.81. The van der Waals surface area contributed by atoms with Crippen molar-refractivity contribution >= 4 is 5.57 Å². The van der Waals surface area contributed by atoms with E-state index in [9.17, 15) is 0 Å². The van der Waals surface area contributed by atoms with Crippen LogP contribution in [0.3, 0.4) is 0 Å². The minimum atomic E-state index is 0.425. The molecule has 0 aliphatic heterocycles. The van der Waals surface area contributed by atoms with Gasteiger partial charge in [-0.2, -0.15) is 0 Å². The predicted molar refractivity (Wildman–Crippen MR) is 40.2 cm³/mol. The second-order valence-corrected chi connectivity index (χ2v) is 1.81. The minimum Gasteiger partial charge on any atom is -0.351 e. The molecule has 0 aliphatic carbocycles. The molecule has 10 heavy (non-hydrogen) atoms. The average molecular weight is 135 g/mol. The molecule has 0 fully saturated rings. The molecule has 1 aromatic rings. The van der Waals surface area contributed by atoms with E-state index in [0.717, 1.165) is 11.3 Å². The maximum Gasteiger partial charge on any atom is 0.0929 e. The van der Waals surface area contributed by atoms with E-state index in [-0.39, 0.29) is 0 Å². The molecule has 3 heteroatoms. The van der Waals surface area contributed by atoms with Gasteiger partial charge in [-0.15, -0.1) is 5.73 Å². The van der Waals surface area contributed by atoms with Crippen LogP contribution in [0.25, 0.3) is 5.57 Å². The largest absolute Gasteiger partial charge is 0.351 e. The molecule has 0 saturated carbocycles. The highest BCUT2D eigenvalue weighted by Crippen LogP contribution is 2.04. The minimum absolute atomic E-state index is 0.425. The van der Waals surface area contributed by atoms with E-state index in [1.165, 1.54) is 0 Å². The standard InChI is InChI=1S/C7H9N3/c1-2-6(3-8)7-4-9-5-10-7/h4-5H,1,3,8H2,(H,9,10). The molecule has 0 spiro atoms. The molecule has 0 aromatic carbocycles. The Morgan fingerprint density at radius 2 is 2.70 bits per heavy atom. The van der Waals surface area contributed by atoms with Crippen LogP contribution in [0.5, 0.6) is 0 Å². The fraction of sp³-hybridized carbons (Fsp3) is 0.143. The first-order chi connectivity index (χ1) is 4.88. The Bertz CT molecular complexity index is 242. The zero-order valence-electron chi connectivity index (χ0n) is 5.59. The van der Waals surface area contributed by atoms with Crippen molar-refractivity contribution < 1.29 is 0 Å². The summed E-state index contributed by atoms with van der Waals surface area (Å²) in [7, 11) is 0.